The van der Waals surface area contributed by atoms with E-state index in [1.807, 2.05) is 6.92 Å². The summed E-state index contributed by atoms with van der Waals surface area (Å²) in [5.41, 5.74) is 0. The Morgan fingerprint density at radius 2 is 1.94 bits per heavy atom. The van der Waals surface area contributed by atoms with Gasteiger partial charge in [-0.3, -0.25) is 4.79 Å². The standard InChI is InChI=1S/C14H20O4/c1-2-16-12(15)4-11-13-7-3-8-10(6-18-14(8)13)9(7)5-17-11/h7-11,13-14H,2-6H2,1H3/t7-,8+,9+,10+,11+,13+,14-/m0/s1. The molecule has 0 aromatic heterocycles. The number of fused-ring (bicyclic) bond motifs is 2. The molecule has 4 heteroatoms. The minimum atomic E-state index is -0.127. The van der Waals surface area contributed by atoms with Crippen molar-refractivity contribution in [3.05, 3.63) is 0 Å². The molecule has 4 aliphatic rings. The molecule has 0 N–H and O–H groups in total. The molecule has 18 heavy (non-hydrogen) atoms. The molecule has 0 aromatic rings. The fourth-order valence-corrected chi connectivity index (χ4v) is 5.01. The zero-order chi connectivity index (χ0) is 12.3. The van der Waals surface area contributed by atoms with E-state index in [1.165, 1.54) is 6.42 Å². The number of rotatable bonds is 3. The molecule has 0 amide bonds. The third kappa shape index (κ3) is 1.36. The maximum Gasteiger partial charge on any atom is 0.308 e. The van der Waals surface area contributed by atoms with Crippen LogP contribution in [0.25, 0.3) is 0 Å². The van der Waals surface area contributed by atoms with Crippen molar-refractivity contribution in [2.75, 3.05) is 19.8 Å². The Morgan fingerprint density at radius 3 is 2.78 bits per heavy atom. The van der Waals surface area contributed by atoms with Gasteiger partial charge < -0.3 is 14.2 Å². The lowest BCUT2D eigenvalue weighted by Gasteiger charge is -2.42. The highest BCUT2D eigenvalue weighted by molar-refractivity contribution is 5.70. The number of carbonyl (C=O) groups is 1. The van der Waals surface area contributed by atoms with Crippen molar-refractivity contribution in [1.82, 2.24) is 0 Å². The summed E-state index contributed by atoms with van der Waals surface area (Å²) in [6, 6.07) is 0. The second-order valence-electron chi connectivity index (χ2n) is 6.15. The van der Waals surface area contributed by atoms with Gasteiger partial charge in [0.05, 0.1) is 38.4 Å². The molecule has 2 aliphatic carbocycles. The summed E-state index contributed by atoms with van der Waals surface area (Å²) in [4.78, 5) is 11.7. The van der Waals surface area contributed by atoms with Crippen LogP contribution in [0.2, 0.25) is 0 Å². The van der Waals surface area contributed by atoms with Gasteiger partial charge in [0, 0.05) is 5.92 Å². The first kappa shape index (κ1) is 11.2. The maximum absolute atomic E-state index is 11.7. The first-order valence-electron chi connectivity index (χ1n) is 7.18. The largest absolute Gasteiger partial charge is 0.466 e. The smallest absolute Gasteiger partial charge is 0.308 e. The molecule has 2 saturated carbocycles. The number of carbonyl (C=O) groups excluding carboxylic acids is 1. The summed E-state index contributed by atoms with van der Waals surface area (Å²) >= 11 is 0. The van der Waals surface area contributed by atoms with Crippen molar-refractivity contribution < 1.29 is 19.0 Å². The second kappa shape index (κ2) is 3.94. The molecular weight excluding hydrogens is 232 g/mol. The van der Waals surface area contributed by atoms with Crippen molar-refractivity contribution in [2.45, 2.75) is 32.0 Å². The van der Waals surface area contributed by atoms with Crippen LogP contribution >= 0.6 is 0 Å². The maximum atomic E-state index is 11.7. The fraction of sp³-hybridized carbons (Fsp3) is 0.929. The molecule has 7 atom stereocenters. The highest BCUT2D eigenvalue weighted by Gasteiger charge is 2.65. The van der Waals surface area contributed by atoms with Crippen LogP contribution in [0, 0.1) is 29.6 Å². The van der Waals surface area contributed by atoms with Crippen LogP contribution in [-0.2, 0) is 19.0 Å². The van der Waals surface area contributed by atoms with Gasteiger partial charge in [-0.1, -0.05) is 0 Å². The zero-order valence-corrected chi connectivity index (χ0v) is 10.7. The summed E-state index contributed by atoms with van der Waals surface area (Å²) in [6.45, 7) is 4.04. The fourth-order valence-electron chi connectivity index (χ4n) is 5.01. The molecule has 0 aromatic carbocycles. The van der Waals surface area contributed by atoms with E-state index in [-0.39, 0.29) is 12.1 Å². The number of ether oxygens (including phenoxy) is 3. The van der Waals surface area contributed by atoms with Crippen molar-refractivity contribution in [3.8, 4) is 0 Å². The highest BCUT2D eigenvalue weighted by Crippen LogP contribution is 2.63. The predicted molar refractivity (Wildman–Crippen MR) is 62.8 cm³/mol. The monoisotopic (exact) mass is 252 g/mol. The third-order valence-electron chi connectivity index (χ3n) is 5.58. The molecule has 100 valence electrons. The minimum Gasteiger partial charge on any atom is -0.466 e. The van der Waals surface area contributed by atoms with Gasteiger partial charge in [-0.05, 0) is 37.0 Å². The Kier molecular flexibility index (Phi) is 2.46. The lowest BCUT2D eigenvalue weighted by molar-refractivity contribution is -0.157. The molecular formula is C14H20O4. The van der Waals surface area contributed by atoms with E-state index in [0.717, 1.165) is 31.0 Å². The average Bonchev–Trinajstić information content (AvgIpc) is 2.94. The Morgan fingerprint density at radius 1 is 1.17 bits per heavy atom. The van der Waals surface area contributed by atoms with Gasteiger partial charge in [0.15, 0.2) is 0 Å². The number of hydrogen-bond donors (Lipinski definition) is 0. The summed E-state index contributed by atoms with van der Waals surface area (Å²) in [5.74, 6) is 3.23. The molecule has 2 saturated heterocycles. The molecule has 0 radical (unpaired) electrons. The molecule has 2 bridgehead atoms. The van der Waals surface area contributed by atoms with Crippen molar-refractivity contribution in [3.63, 3.8) is 0 Å². The van der Waals surface area contributed by atoms with E-state index in [9.17, 15) is 4.79 Å². The van der Waals surface area contributed by atoms with Gasteiger partial charge in [0.25, 0.3) is 0 Å². The van der Waals surface area contributed by atoms with E-state index in [1.54, 1.807) is 0 Å². The lowest BCUT2D eigenvalue weighted by atomic mass is 9.70. The zero-order valence-electron chi connectivity index (χ0n) is 10.7. The van der Waals surface area contributed by atoms with Gasteiger partial charge in [0.2, 0.25) is 0 Å². The van der Waals surface area contributed by atoms with Crippen LogP contribution in [-0.4, -0.2) is 38.0 Å². The third-order valence-corrected chi connectivity index (χ3v) is 5.58. The quantitative estimate of drug-likeness (QED) is 0.709. The van der Waals surface area contributed by atoms with Crippen LogP contribution in [0.1, 0.15) is 19.8 Å². The Balaban J connectivity index is 1.52. The van der Waals surface area contributed by atoms with Crippen molar-refractivity contribution in [1.29, 1.82) is 0 Å². The van der Waals surface area contributed by atoms with E-state index >= 15 is 0 Å². The van der Waals surface area contributed by atoms with E-state index in [0.29, 0.717) is 31.0 Å². The van der Waals surface area contributed by atoms with Crippen molar-refractivity contribution in [2.24, 2.45) is 29.6 Å². The summed E-state index contributed by atoms with van der Waals surface area (Å²) in [5, 5.41) is 0. The second-order valence-corrected chi connectivity index (χ2v) is 6.15. The first-order chi connectivity index (χ1) is 8.79. The summed E-state index contributed by atoms with van der Waals surface area (Å²) in [6.07, 6.45) is 2.09. The Labute approximate surface area is 107 Å². The average molecular weight is 252 g/mol. The predicted octanol–water partition coefficient (Wildman–Crippen LogP) is 1.24. The van der Waals surface area contributed by atoms with Crippen LogP contribution < -0.4 is 0 Å². The Hall–Kier alpha value is -0.610. The molecule has 2 heterocycles. The molecule has 0 unspecified atom stereocenters. The minimum absolute atomic E-state index is 0.0272. The molecule has 4 rings (SSSR count). The van der Waals surface area contributed by atoms with Gasteiger partial charge >= 0.3 is 5.97 Å². The van der Waals surface area contributed by atoms with E-state index < -0.39 is 0 Å². The summed E-state index contributed by atoms with van der Waals surface area (Å²) < 4.78 is 17.0. The van der Waals surface area contributed by atoms with Crippen LogP contribution in [0.3, 0.4) is 0 Å². The first-order valence-corrected chi connectivity index (χ1v) is 7.18. The van der Waals surface area contributed by atoms with Gasteiger partial charge in [-0.25, -0.2) is 0 Å². The van der Waals surface area contributed by atoms with E-state index in [2.05, 4.69) is 0 Å². The summed E-state index contributed by atoms with van der Waals surface area (Å²) in [7, 11) is 0. The number of esters is 1. The van der Waals surface area contributed by atoms with Crippen LogP contribution in [0.4, 0.5) is 0 Å². The normalized spacial score (nSPS) is 51.7. The molecule has 4 fully saturated rings. The van der Waals surface area contributed by atoms with Gasteiger partial charge in [0.1, 0.15) is 0 Å². The highest BCUT2D eigenvalue weighted by atomic mass is 16.5. The Bertz CT molecular complexity index is 369. The van der Waals surface area contributed by atoms with Gasteiger partial charge in [-0.15, -0.1) is 0 Å². The van der Waals surface area contributed by atoms with Gasteiger partial charge in [-0.2, -0.15) is 0 Å². The molecule has 0 spiro atoms. The van der Waals surface area contributed by atoms with E-state index in [4.69, 9.17) is 14.2 Å². The lowest BCUT2D eigenvalue weighted by Crippen LogP contribution is -2.48. The van der Waals surface area contributed by atoms with Crippen LogP contribution in [0.5, 0.6) is 0 Å². The van der Waals surface area contributed by atoms with Crippen LogP contribution in [0.15, 0.2) is 0 Å². The SMILES string of the molecule is CCOC(=O)C[C@H]1OC[C@H]2[C@@H]3CO[C@H]4[C@@H]3C[C@@H]2[C@@H]41. The number of hydrogen-bond acceptors (Lipinski definition) is 4. The molecule has 4 nitrogen and oxygen atoms in total. The topological polar surface area (TPSA) is 44.8 Å². The molecule has 2 aliphatic heterocycles. The van der Waals surface area contributed by atoms with Crippen molar-refractivity contribution >= 4 is 5.97 Å².